The number of H-pyrrole nitrogens is 1. The molecule has 26 heavy (non-hydrogen) atoms. The molecule has 1 amide bonds. The fourth-order valence-electron chi connectivity index (χ4n) is 3.52. The molecule has 1 aliphatic heterocycles. The highest BCUT2D eigenvalue weighted by Crippen LogP contribution is 2.38. The molecule has 2 fully saturated rings. The molecule has 1 saturated carbocycles. The van der Waals surface area contributed by atoms with Crippen LogP contribution >= 0.6 is 0 Å². The molecule has 3 aromatic heterocycles. The fraction of sp³-hybridized carbons (Fsp3) is 0.471. The van der Waals surface area contributed by atoms with Crippen LogP contribution in [0.4, 0.5) is 0 Å². The summed E-state index contributed by atoms with van der Waals surface area (Å²) in [5.74, 6) is 1.35. The van der Waals surface area contributed by atoms with Crippen LogP contribution in [0.15, 0.2) is 27.6 Å². The van der Waals surface area contributed by atoms with E-state index in [1.165, 1.54) is 6.26 Å². The van der Waals surface area contributed by atoms with Crippen molar-refractivity contribution in [1.82, 2.24) is 29.9 Å². The minimum absolute atomic E-state index is 0.0713. The zero-order valence-electron chi connectivity index (χ0n) is 14.1. The first kappa shape index (κ1) is 15.3. The predicted molar refractivity (Wildman–Crippen MR) is 90.8 cm³/mol. The van der Waals surface area contributed by atoms with Gasteiger partial charge in [-0.2, -0.15) is 0 Å². The van der Waals surface area contributed by atoms with Crippen molar-refractivity contribution in [3.8, 4) is 0 Å². The Morgan fingerprint density at radius 3 is 2.73 bits per heavy atom. The van der Waals surface area contributed by atoms with Gasteiger partial charge in [-0.15, -0.1) is 5.10 Å². The Balaban J connectivity index is 1.38. The van der Waals surface area contributed by atoms with Gasteiger partial charge in [-0.25, -0.2) is 9.67 Å². The summed E-state index contributed by atoms with van der Waals surface area (Å²) in [5.41, 5.74) is 0.600. The Morgan fingerprint density at radius 1 is 1.23 bits per heavy atom. The highest BCUT2D eigenvalue weighted by molar-refractivity contribution is 5.91. The molecule has 9 nitrogen and oxygen atoms in total. The summed E-state index contributed by atoms with van der Waals surface area (Å²) in [7, 11) is 0. The number of nitrogens with zero attached hydrogens (tertiary/aromatic N) is 5. The topological polar surface area (TPSA) is 110 Å². The number of furan rings is 1. The normalized spacial score (nSPS) is 18.5. The monoisotopic (exact) mass is 354 g/mol. The summed E-state index contributed by atoms with van der Waals surface area (Å²) in [6, 6.07) is 3.46. The number of aromatic amines is 1. The Kier molecular flexibility index (Phi) is 3.41. The average Bonchev–Trinajstić information content (AvgIpc) is 3.19. The fourth-order valence-corrected chi connectivity index (χ4v) is 3.52. The number of amides is 1. The Hall–Kier alpha value is -2.97. The lowest BCUT2D eigenvalue weighted by molar-refractivity contribution is 0.0659. The molecule has 0 unspecified atom stereocenters. The molecular weight excluding hydrogens is 336 g/mol. The summed E-state index contributed by atoms with van der Waals surface area (Å²) in [6.07, 6.45) is 5.09. The van der Waals surface area contributed by atoms with E-state index in [1.807, 2.05) is 0 Å². The first-order valence-electron chi connectivity index (χ1n) is 8.88. The molecule has 0 atom stereocenters. The van der Waals surface area contributed by atoms with Gasteiger partial charge >= 0.3 is 0 Å². The van der Waals surface area contributed by atoms with Crippen molar-refractivity contribution >= 4 is 17.1 Å². The van der Waals surface area contributed by atoms with Gasteiger partial charge in [0.1, 0.15) is 5.82 Å². The van der Waals surface area contributed by atoms with Crippen LogP contribution < -0.4 is 5.56 Å². The molecule has 5 rings (SSSR count). The van der Waals surface area contributed by atoms with E-state index in [1.54, 1.807) is 21.7 Å². The Morgan fingerprint density at radius 2 is 2.04 bits per heavy atom. The van der Waals surface area contributed by atoms with Gasteiger partial charge < -0.3 is 14.3 Å². The lowest BCUT2D eigenvalue weighted by atomic mass is 10.0. The van der Waals surface area contributed by atoms with Crippen molar-refractivity contribution in [3.05, 3.63) is 40.3 Å². The maximum atomic E-state index is 12.4. The van der Waals surface area contributed by atoms with Crippen LogP contribution in [0.5, 0.6) is 0 Å². The third-order valence-corrected chi connectivity index (χ3v) is 5.15. The minimum Gasteiger partial charge on any atom is -0.459 e. The number of carbonyl (C=O) groups excluding carboxylic acids is 1. The average molecular weight is 354 g/mol. The number of piperidine rings is 1. The van der Waals surface area contributed by atoms with Crippen molar-refractivity contribution in [2.75, 3.05) is 13.1 Å². The number of aromatic nitrogens is 5. The summed E-state index contributed by atoms with van der Waals surface area (Å²) >= 11 is 0. The van der Waals surface area contributed by atoms with Crippen molar-refractivity contribution in [1.29, 1.82) is 0 Å². The van der Waals surface area contributed by atoms with E-state index >= 15 is 0 Å². The van der Waals surface area contributed by atoms with Crippen molar-refractivity contribution < 1.29 is 9.21 Å². The minimum atomic E-state index is -0.228. The lowest BCUT2D eigenvalue weighted by Crippen LogP contribution is -2.39. The Labute approximate surface area is 148 Å². The number of hydrogen-bond acceptors (Lipinski definition) is 6. The van der Waals surface area contributed by atoms with E-state index in [2.05, 4.69) is 20.3 Å². The molecule has 0 radical (unpaired) electrons. The number of fused-ring (bicyclic) bond motifs is 1. The molecule has 1 aliphatic carbocycles. The van der Waals surface area contributed by atoms with Crippen LogP contribution in [0.25, 0.3) is 11.2 Å². The van der Waals surface area contributed by atoms with Gasteiger partial charge in [0.25, 0.3) is 11.5 Å². The van der Waals surface area contributed by atoms with Gasteiger partial charge in [-0.1, -0.05) is 5.21 Å². The largest absolute Gasteiger partial charge is 0.459 e. The van der Waals surface area contributed by atoms with E-state index in [4.69, 9.17) is 4.42 Å². The van der Waals surface area contributed by atoms with E-state index in [0.29, 0.717) is 30.4 Å². The second-order valence-electron chi connectivity index (χ2n) is 6.93. The molecule has 4 heterocycles. The molecule has 134 valence electrons. The lowest BCUT2D eigenvalue weighted by Gasteiger charge is -2.31. The van der Waals surface area contributed by atoms with Gasteiger partial charge in [0.05, 0.1) is 12.3 Å². The quantitative estimate of drug-likeness (QED) is 0.762. The molecule has 0 spiro atoms. The van der Waals surface area contributed by atoms with E-state index < -0.39 is 0 Å². The van der Waals surface area contributed by atoms with E-state index in [9.17, 15) is 9.59 Å². The van der Waals surface area contributed by atoms with Gasteiger partial charge in [0, 0.05) is 19.0 Å². The standard InChI is InChI=1S/C17H18N6O3/c24-16-13-15(18-14(19-16)10-3-4-10)23(21-20-13)11-5-7-22(8-6-11)17(25)12-2-1-9-26-12/h1-2,9-11H,3-8H2,(H,18,19,24). The molecule has 0 bridgehead atoms. The van der Waals surface area contributed by atoms with E-state index in [-0.39, 0.29) is 23.0 Å². The summed E-state index contributed by atoms with van der Waals surface area (Å²) in [5, 5.41) is 8.20. The highest BCUT2D eigenvalue weighted by Gasteiger charge is 2.30. The maximum Gasteiger partial charge on any atom is 0.289 e. The van der Waals surface area contributed by atoms with Gasteiger partial charge in [0.2, 0.25) is 0 Å². The van der Waals surface area contributed by atoms with E-state index in [0.717, 1.165) is 31.5 Å². The van der Waals surface area contributed by atoms with Crippen molar-refractivity contribution in [2.24, 2.45) is 0 Å². The molecule has 9 heteroatoms. The first-order valence-corrected chi connectivity index (χ1v) is 8.88. The Bertz CT molecular complexity index is 1010. The predicted octanol–water partition coefficient (Wildman–Crippen LogP) is 1.46. The summed E-state index contributed by atoms with van der Waals surface area (Å²) in [4.78, 5) is 33.8. The van der Waals surface area contributed by atoms with Crippen LogP contribution in [-0.4, -0.2) is 48.9 Å². The van der Waals surface area contributed by atoms with Crippen LogP contribution in [0.1, 0.15) is 54.0 Å². The molecule has 0 aromatic carbocycles. The molecule has 2 aliphatic rings. The maximum absolute atomic E-state index is 12.4. The summed E-state index contributed by atoms with van der Waals surface area (Å²) < 4.78 is 6.95. The molecular formula is C17H18N6O3. The second kappa shape index (κ2) is 5.79. The summed E-state index contributed by atoms with van der Waals surface area (Å²) in [6.45, 7) is 1.20. The van der Waals surface area contributed by atoms with Gasteiger partial charge in [-0.3, -0.25) is 9.59 Å². The van der Waals surface area contributed by atoms with Crippen LogP contribution in [-0.2, 0) is 0 Å². The third kappa shape index (κ3) is 2.51. The third-order valence-electron chi connectivity index (χ3n) is 5.15. The number of nitrogens with one attached hydrogen (secondary N) is 1. The zero-order valence-corrected chi connectivity index (χ0v) is 14.1. The molecule has 3 aromatic rings. The van der Waals surface area contributed by atoms with Crippen LogP contribution in [0, 0.1) is 0 Å². The van der Waals surface area contributed by atoms with Crippen LogP contribution in [0.3, 0.4) is 0 Å². The van der Waals surface area contributed by atoms with Crippen molar-refractivity contribution in [2.45, 2.75) is 37.6 Å². The number of hydrogen-bond donors (Lipinski definition) is 1. The first-order chi connectivity index (χ1) is 12.7. The molecule has 1 saturated heterocycles. The second-order valence-corrected chi connectivity index (χ2v) is 6.93. The highest BCUT2D eigenvalue weighted by atomic mass is 16.3. The molecule has 1 N–H and O–H groups in total. The van der Waals surface area contributed by atoms with Gasteiger partial charge in [0.15, 0.2) is 16.9 Å². The smallest absolute Gasteiger partial charge is 0.289 e. The van der Waals surface area contributed by atoms with Gasteiger partial charge in [-0.05, 0) is 37.8 Å². The zero-order chi connectivity index (χ0) is 17.7. The number of rotatable bonds is 3. The number of likely N-dealkylation sites (tertiary alicyclic amines) is 1. The van der Waals surface area contributed by atoms with Crippen LogP contribution in [0.2, 0.25) is 0 Å². The number of carbonyl (C=O) groups is 1. The van der Waals surface area contributed by atoms with Crippen molar-refractivity contribution in [3.63, 3.8) is 0 Å². The SMILES string of the molecule is O=C(c1ccco1)N1CCC(n2nnc3c(=O)[nH]c(C4CC4)nc32)CC1.